The number of carbonyl (C=O) groups is 2. The topological polar surface area (TPSA) is 79.5 Å². The third-order valence-electron chi connectivity index (χ3n) is 3.41. The van der Waals surface area contributed by atoms with E-state index in [0.29, 0.717) is 17.9 Å². The molecular formula is C18H21N3O3. The first-order chi connectivity index (χ1) is 11.6. The first-order valence-electron chi connectivity index (χ1n) is 7.61. The van der Waals surface area contributed by atoms with Gasteiger partial charge in [-0.3, -0.25) is 4.79 Å². The Morgan fingerprint density at radius 2 is 1.67 bits per heavy atom. The zero-order valence-corrected chi connectivity index (χ0v) is 13.7. The molecule has 0 aliphatic heterocycles. The molecule has 0 heterocycles. The molecule has 0 saturated heterocycles. The molecule has 126 valence electrons. The van der Waals surface area contributed by atoms with E-state index < -0.39 is 6.10 Å². The van der Waals surface area contributed by atoms with Crippen molar-refractivity contribution in [2.24, 2.45) is 0 Å². The number of ether oxygens (including phenoxy) is 1. The molecule has 6 nitrogen and oxygen atoms in total. The largest absolute Gasteiger partial charge is 0.372 e. The predicted molar refractivity (Wildman–Crippen MR) is 93.8 cm³/mol. The van der Waals surface area contributed by atoms with Crippen molar-refractivity contribution in [3.63, 3.8) is 0 Å². The second kappa shape index (κ2) is 8.69. The van der Waals surface area contributed by atoms with Crippen molar-refractivity contribution in [2.75, 3.05) is 17.7 Å². The number of urea groups is 1. The summed E-state index contributed by atoms with van der Waals surface area (Å²) in [4.78, 5) is 23.7. The third kappa shape index (κ3) is 5.40. The van der Waals surface area contributed by atoms with Crippen molar-refractivity contribution < 1.29 is 14.3 Å². The number of methoxy groups -OCH3 is 1. The monoisotopic (exact) mass is 327 g/mol. The molecule has 0 bridgehead atoms. The molecule has 0 fully saturated rings. The molecule has 0 aliphatic rings. The maximum atomic E-state index is 12.0. The van der Waals surface area contributed by atoms with Crippen LogP contribution in [0.4, 0.5) is 16.2 Å². The molecule has 6 heteroatoms. The van der Waals surface area contributed by atoms with E-state index in [2.05, 4.69) is 16.0 Å². The lowest BCUT2D eigenvalue weighted by Gasteiger charge is -2.12. The van der Waals surface area contributed by atoms with Crippen LogP contribution in [0.25, 0.3) is 0 Å². The average Bonchev–Trinajstić information content (AvgIpc) is 2.60. The molecular weight excluding hydrogens is 306 g/mol. The van der Waals surface area contributed by atoms with E-state index in [1.54, 1.807) is 13.0 Å². The van der Waals surface area contributed by atoms with Crippen LogP contribution in [0.1, 0.15) is 12.5 Å². The van der Waals surface area contributed by atoms with E-state index in [-0.39, 0.29) is 11.9 Å². The zero-order valence-electron chi connectivity index (χ0n) is 13.7. The van der Waals surface area contributed by atoms with Crippen molar-refractivity contribution >= 4 is 23.3 Å². The number of benzene rings is 2. The van der Waals surface area contributed by atoms with Crippen LogP contribution in [0.3, 0.4) is 0 Å². The smallest absolute Gasteiger partial charge is 0.323 e. The van der Waals surface area contributed by atoms with Gasteiger partial charge in [-0.15, -0.1) is 0 Å². The fourth-order valence-electron chi connectivity index (χ4n) is 2.01. The van der Waals surface area contributed by atoms with Gasteiger partial charge in [0.25, 0.3) is 0 Å². The number of amides is 3. The van der Waals surface area contributed by atoms with Gasteiger partial charge in [-0.25, -0.2) is 4.79 Å². The molecule has 0 unspecified atom stereocenters. The Morgan fingerprint density at radius 3 is 2.38 bits per heavy atom. The molecule has 0 saturated carbocycles. The van der Waals surface area contributed by atoms with Crippen LogP contribution >= 0.6 is 0 Å². The quantitative estimate of drug-likeness (QED) is 0.763. The van der Waals surface area contributed by atoms with E-state index in [1.807, 2.05) is 48.5 Å². The summed E-state index contributed by atoms with van der Waals surface area (Å²) >= 11 is 0. The summed E-state index contributed by atoms with van der Waals surface area (Å²) in [6, 6.07) is 16.2. The van der Waals surface area contributed by atoms with Gasteiger partial charge >= 0.3 is 6.03 Å². The summed E-state index contributed by atoms with van der Waals surface area (Å²) in [5.74, 6) is -0.183. The summed E-state index contributed by atoms with van der Waals surface area (Å²) in [7, 11) is 1.49. The van der Waals surface area contributed by atoms with Gasteiger partial charge < -0.3 is 20.7 Å². The fraction of sp³-hybridized carbons (Fsp3) is 0.222. The van der Waals surface area contributed by atoms with Gasteiger partial charge in [-0.1, -0.05) is 30.3 Å². The Bertz CT molecular complexity index is 689. The minimum Gasteiger partial charge on any atom is -0.372 e. The summed E-state index contributed by atoms with van der Waals surface area (Å²) in [6.45, 7) is 2.05. The highest BCUT2D eigenvalue weighted by Crippen LogP contribution is 2.12. The first kappa shape index (κ1) is 17.5. The molecule has 2 rings (SSSR count). The minimum absolute atomic E-state index is 0.183. The van der Waals surface area contributed by atoms with E-state index in [4.69, 9.17) is 4.74 Å². The number of nitrogens with one attached hydrogen (secondary N) is 3. The predicted octanol–water partition coefficient (Wildman–Crippen LogP) is 2.98. The molecule has 3 amide bonds. The van der Waals surface area contributed by atoms with Gasteiger partial charge in [0.2, 0.25) is 5.91 Å². The highest BCUT2D eigenvalue weighted by molar-refractivity contribution is 5.99. The number of hydrogen-bond donors (Lipinski definition) is 3. The van der Waals surface area contributed by atoms with Crippen molar-refractivity contribution in [2.45, 2.75) is 19.6 Å². The molecule has 0 spiro atoms. The number of para-hydroxylation sites is 1. The second-order valence-electron chi connectivity index (χ2n) is 5.24. The van der Waals surface area contributed by atoms with Crippen LogP contribution in [0.2, 0.25) is 0 Å². The highest BCUT2D eigenvalue weighted by atomic mass is 16.5. The Kier molecular flexibility index (Phi) is 6.33. The van der Waals surface area contributed by atoms with E-state index >= 15 is 0 Å². The third-order valence-corrected chi connectivity index (χ3v) is 3.41. The molecule has 2 aromatic carbocycles. The summed E-state index contributed by atoms with van der Waals surface area (Å²) in [5, 5.41) is 8.29. The van der Waals surface area contributed by atoms with Crippen LogP contribution in [-0.4, -0.2) is 25.2 Å². The lowest BCUT2D eigenvalue weighted by Crippen LogP contribution is -2.33. The lowest BCUT2D eigenvalue weighted by atomic mass is 10.2. The molecule has 3 N–H and O–H groups in total. The van der Waals surface area contributed by atoms with Crippen molar-refractivity contribution in [3.8, 4) is 0 Å². The molecule has 0 aliphatic carbocycles. The maximum absolute atomic E-state index is 12.0. The summed E-state index contributed by atoms with van der Waals surface area (Å²) in [5.41, 5.74) is 2.24. The molecule has 1 atom stereocenters. The minimum atomic E-state index is -0.497. The first-order valence-corrected chi connectivity index (χ1v) is 7.61. The van der Waals surface area contributed by atoms with E-state index in [0.717, 1.165) is 5.56 Å². The van der Waals surface area contributed by atoms with E-state index in [1.165, 1.54) is 7.11 Å². The average molecular weight is 327 g/mol. The van der Waals surface area contributed by atoms with Crippen LogP contribution in [0, 0.1) is 0 Å². The number of hydrogen-bond acceptors (Lipinski definition) is 3. The van der Waals surface area contributed by atoms with Gasteiger partial charge in [-0.2, -0.15) is 0 Å². The fourth-order valence-corrected chi connectivity index (χ4v) is 2.01. The Hall–Kier alpha value is -2.86. The molecule has 2 aromatic rings. The van der Waals surface area contributed by atoms with Gasteiger partial charge in [0.05, 0.1) is 0 Å². The second-order valence-corrected chi connectivity index (χ2v) is 5.24. The SMILES string of the molecule is CO[C@H](C)C(=O)NCc1cccc(NC(=O)Nc2ccccc2)c1. The van der Waals surface area contributed by atoms with Gasteiger partial charge in [0.1, 0.15) is 6.10 Å². The Labute approximate surface area is 141 Å². The van der Waals surface area contributed by atoms with Gasteiger partial charge in [-0.05, 0) is 36.8 Å². The van der Waals surface area contributed by atoms with Crippen molar-refractivity contribution in [1.82, 2.24) is 5.32 Å². The molecule has 0 aromatic heterocycles. The van der Waals surface area contributed by atoms with E-state index in [9.17, 15) is 9.59 Å². The van der Waals surface area contributed by atoms with Crippen molar-refractivity contribution in [1.29, 1.82) is 0 Å². The van der Waals surface area contributed by atoms with Gasteiger partial charge in [0.15, 0.2) is 0 Å². The van der Waals surface area contributed by atoms with Crippen LogP contribution in [-0.2, 0) is 16.1 Å². The number of carbonyl (C=O) groups excluding carboxylic acids is 2. The van der Waals surface area contributed by atoms with Crippen LogP contribution in [0.5, 0.6) is 0 Å². The maximum Gasteiger partial charge on any atom is 0.323 e. The Balaban J connectivity index is 1.90. The van der Waals surface area contributed by atoms with Crippen molar-refractivity contribution in [3.05, 3.63) is 60.2 Å². The normalized spacial score (nSPS) is 11.4. The molecule has 24 heavy (non-hydrogen) atoms. The summed E-state index contributed by atoms with van der Waals surface area (Å²) in [6.07, 6.45) is -0.497. The summed E-state index contributed by atoms with van der Waals surface area (Å²) < 4.78 is 4.96. The number of anilines is 2. The zero-order chi connectivity index (χ0) is 17.4. The number of rotatable bonds is 6. The van der Waals surface area contributed by atoms with Crippen LogP contribution in [0.15, 0.2) is 54.6 Å². The highest BCUT2D eigenvalue weighted by Gasteiger charge is 2.10. The lowest BCUT2D eigenvalue weighted by molar-refractivity contribution is -0.130. The van der Waals surface area contributed by atoms with Crippen LogP contribution < -0.4 is 16.0 Å². The molecule has 0 radical (unpaired) electrons. The van der Waals surface area contributed by atoms with Gasteiger partial charge in [0, 0.05) is 25.0 Å². The standard InChI is InChI=1S/C18H21N3O3/c1-13(24-2)17(22)19-12-14-7-6-10-16(11-14)21-18(23)20-15-8-4-3-5-9-15/h3-11,13H,12H2,1-2H3,(H,19,22)(H2,20,21,23)/t13-/m1/s1. The Morgan fingerprint density at radius 1 is 1.00 bits per heavy atom.